The number of fused-ring (bicyclic) bond motifs is 1. The number of β-amino-alcohol motifs (C(OH)–C–C–N with tert-alkyl or cyclic N) is 1. The van der Waals surface area contributed by atoms with E-state index in [1.807, 2.05) is 30.5 Å². The normalized spacial score (nSPS) is 13.8. The largest absolute Gasteiger partial charge is 0.387 e. The Hall–Kier alpha value is -1.45. The van der Waals surface area contributed by atoms with Crippen LogP contribution in [0.5, 0.6) is 0 Å². The van der Waals surface area contributed by atoms with Gasteiger partial charge in [0.2, 0.25) is 0 Å². The molecule has 0 saturated carbocycles. The minimum atomic E-state index is -0.504. The van der Waals surface area contributed by atoms with E-state index in [0.29, 0.717) is 6.54 Å². The summed E-state index contributed by atoms with van der Waals surface area (Å²) in [5.74, 6) is 0. The van der Waals surface area contributed by atoms with E-state index in [2.05, 4.69) is 31.1 Å². The van der Waals surface area contributed by atoms with Crippen LogP contribution in [0.15, 0.2) is 36.7 Å². The van der Waals surface area contributed by atoms with Gasteiger partial charge in [-0.15, -0.1) is 0 Å². The maximum absolute atomic E-state index is 10.3. The first kappa shape index (κ1) is 13.0. The number of nitrogens with zero attached hydrogens (tertiary/aromatic N) is 1. The second-order valence-corrected chi connectivity index (χ2v) is 5.59. The van der Waals surface area contributed by atoms with E-state index < -0.39 is 6.10 Å². The first-order chi connectivity index (χ1) is 8.47. The van der Waals surface area contributed by atoms with Gasteiger partial charge in [-0.1, -0.05) is 18.2 Å². The summed E-state index contributed by atoms with van der Waals surface area (Å²) in [6.07, 6.45) is 3.08. The van der Waals surface area contributed by atoms with Crippen LogP contribution in [0, 0.1) is 0 Å². The number of aliphatic hydroxyl groups excluding tert-OH is 1. The summed E-state index contributed by atoms with van der Waals surface area (Å²) < 4.78 is 0. The lowest BCUT2D eigenvalue weighted by molar-refractivity contribution is 0.164. The Labute approximate surface area is 108 Å². The van der Waals surface area contributed by atoms with E-state index in [-0.39, 0.29) is 5.54 Å². The zero-order valence-corrected chi connectivity index (χ0v) is 11.1. The van der Waals surface area contributed by atoms with Crippen LogP contribution in [0.3, 0.4) is 0 Å². The molecule has 1 heterocycles. The molecule has 1 aromatic carbocycles. The molecule has 0 fully saturated rings. The van der Waals surface area contributed by atoms with Crippen molar-refractivity contribution in [1.82, 2.24) is 10.3 Å². The molecule has 18 heavy (non-hydrogen) atoms. The van der Waals surface area contributed by atoms with Gasteiger partial charge in [0.1, 0.15) is 0 Å². The number of benzene rings is 1. The monoisotopic (exact) mass is 244 g/mol. The smallest absolute Gasteiger partial charge is 0.0920 e. The minimum Gasteiger partial charge on any atom is -0.387 e. The van der Waals surface area contributed by atoms with Crippen LogP contribution in [0.25, 0.3) is 10.8 Å². The van der Waals surface area contributed by atoms with Gasteiger partial charge in [-0.25, -0.2) is 0 Å². The van der Waals surface area contributed by atoms with Gasteiger partial charge in [-0.3, -0.25) is 4.98 Å². The summed E-state index contributed by atoms with van der Waals surface area (Å²) >= 11 is 0. The molecule has 0 aliphatic rings. The van der Waals surface area contributed by atoms with E-state index in [4.69, 9.17) is 0 Å². The lowest BCUT2D eigenvalue weighted by Gasteiger charge is -2.23. The van der Waals surface area contributed by atoms with Crippen molar-refractivity contribution >= 4 is 10.8 Å². The van der Waals surface area contributed by atoms with Crippen molar-refractivity contribution in [2.24, 2.45) is 0 Å². The number of pyridine rings is 1. The van der Waals surface area contributed by atoms with Gasteiger partial charge in [-0.2, -0.15) is 0 Å². The fourth-order valence-corrected chi connectivity index (χ4v) is 1.95. The molecule has 1 unspecified atom stereocenters. The van der Waals surface area contributed by atoms with Crippen LogP contribution in [0.4, 0.5) is 0 Å². The van der Waals surface area contributed by atoms with E-state index in [1.54, 1.807) is 6.20 Å². The van der Waals surface area contributed by atoms with Crippen molar-refractivity contribution in [3.8, 4) is 0 Å². The Morgan fingerprint density at radius 1 is 1.28 bits per heavy atom. The Morgan fingerprint density at radius 2 is 2.06 bits per heavy atom. The molecule has 0 spiro atoms. The van der Waals surface area contributed by atoms with E-state index >= 15 is 0 Å². The highest BCUT2D eigenvalue weighted by Crippen LogP contribution is 2.23. The van der Waals surface area contributed by atoms with Crippen LogP contribution < -0.4 is 5.32 Å². The van der Waals surface area contributed by atoms with Gasteiger partial charge in [0.25, 0.3) is 0 Å². The molecule has 3 heteroatoms. The lowest BCUT2D eigenvalue weighted by atomic mass is 10.0. The average Bonchev–Trinajstić information content (AvgIpc) is 2.34. The van der Waals surface area contributed by atoms with Crippen LogP contribution in [0.2, 0.25) is 0 Å². The summed E-state index contributed by atoms with van der Waals surface area (Å²) in [5.41, 5.74) is 0.958. The minimum absolute atomic E-state index is 0.00706. The topological polar surface area (TPSA) is 45.1 Å². The van der Waals surface area contributed by atoms with Gasteiger partial charge in [0.05, 0.1) is 6.10 Å². The Bertz CT molecular complexity index is 526. The summed E-state index contributed by atoms with van der Waals surface area (Å²) in [4.78, 5) is 4.10. The second-order valence-electron chi connectivity index (χ2n) is 5.59. The molecule has 3 nitrogen and oxygen atoms in total. The maximum Gasteiger partial charge on any atom is 0.0920 e. The highest BCUT2D eigenvalue weighted by atomic mass is 16.3. The number of nitrogens with one attached hydrogen (secondary N) is 1. The second kappa shape index (κ2) is 5.04. The molecule has 0 aliphatic heterocycles. The standard InChI is InChI=1S/C15H20N2O/c1-15(2,3)17-10-14(18)13-6-4-5-11-9-16-8-7-12(11)13/h4-9,14,17-18H,10H2,1-3H3. The quantitative estimate of drug-likeness (QED) is 0.872. The highest BCUT2D eigenvalue weighted by Gasteiger charge is 2.15. The lowest BCUT2D eigenvalue weighted by Crippen LogP contribution is -2.38. The van der Waals surface area contributed by atoms with Gasteiger partial charge in [0.15, 0.2) is 0 Å². The van der Waals surface area contributed by atoms with Gasteiger partial charge in [-0.05, 0) is 37.8 Å². The molecule has 2 rings (SSSR count). The molecule has 96 valence electrons. The highest BCUT2D eigenvalue weighted by molar-refractivity contribution is 5.85. The van der Waals surface area contributed by atoms with Crippen LogP contribution >= 0.6 is 0 Å². The van der Waals surface area contributed by atoms with Crippen molar-refractivity contribution in [1.29, 1.82) is 0 Å². The summed E-state index contributed by atoms with van der Waals surface area (Å²) in [6, 6.07) is 7.89. The predicted octanol–water partition coefficient (Wildman–Crippen LogP) is 2.66. The molecule has 1 atom stereocenters. The SMILES string of the molecule is CC(C)(C)NCC(O)c1cccc2cnccc12. The third-order valence-corrected chi connectivity index (χ3v) is 2.90. The van der Waals surface area contributed by atoms with Crippen molar-refractivity contribution in [2.45, 2.75) is 32.4 Å². The van der Waals surface area contributed by atoms with Gasteiger partial charge < -0.3 is 10.4 Å². The number of aromatic nitrogens is 1. The molecule has 2 aromatic rings. The molecule has 1 aromatic heterocycles. The van der Waals surface area contributed by atoms with E-state index in [9.17, 15) is 5.11 Å². The third kappa shape index (κ3) is 3.06. The number of rotatable bonds is 3. The zero-order valence-electron chi connectivity index (χ0n) is 11.1. The Balaban J connectivity index is 2.25. The van der Waals surface area contributed by atoms with E-state index in [1.165, 1.54) is 0 Å². The molecule has 0 bridgehead atoms. The molecule has 0 amide bonds. The van der Waals surface area contributed by atoms with Gasteiger partial charge in [0, 0.05) is 29.9 Å². The Kier molecular flexibility index (Phi) is 3.64. The molecular formula is C15H20N2O. The summed E-state index contributed by atoms with van der Waals surface area (Å²) in [7, 11) is 0. The van der Waals surface area contributed by atoms with Crippen molar-refractivity contribution < 1.29 is 5.11 Å². The fourth-order valence-electron chi connectivity index (χ4n) is 1.95. The summed E-state index contributed by atoms with van der Waals surface area (Å²) in [6.45, 7) is 6.82. The predicted molar refractivity (Wildman–Crippen MR) is 74.5 cm³/mol. The number of hydrogen-bond donors (Lipinski definition) is 2. The molecule has 0 aliphatic carbocycles. The number of aliphatic hydroxyl groups is 1. The third-order valence-electron chi connectivity index (χ3n) is 2.90. The van der Waals surface area contributed by atoms with Crippen LogP contribution in [-0.4, -0.2) is 22.2 Å². The Morgan fingerprint density at radius 3 is 2.78 bits per heavy atom. The van der Waals surface area contributed by atoms with Crippen molar-refractivity contribution in [2.75, 3.05) is 6.54 Å². The van der Waals surface area contributed by atoms with Crippen LogP contribution in [0.1, 0.15) is 32.4 Å². The van der Waals surface area contributed by atoms with Crippen molar-refractivity contribution in [3.63, 3.8) is 0 Å². The first-order valence-electron chi connectivity index (χ1n) is 6.23. The molecule has 0 radical (unpaired) electrons. The average molecular weight is 244 g/mol. The van der Waals surface area contributed by atoms with Crippen LogP contribution in [-0.2, 0) is 0 Å². The van der Waals surface area contributed by atoms with Crippen molar-refractivity contribution in [3.05, 3.63) is 42.2 Å². The number of hydrogen-bond acceptors (Lipinski definition) is 3. The molecule has 0 saturated heterocycles. The molecule has 2 N–H and O–H groups in total. The molecular weight excluding hydrogens is 224 g/mol. The van der Waals surface area contributed by atoms with Gasteiger partial charge >= 0.3 is 0 Å². The first-order valence-corrected chi connectivity index (χ1v) is 6.23. The fraction of sp³-hybridized carbons (Fsp3) is 0.400. The summed E-state index contributed by atoms with van der Waals surface area (Å²) in [5, 5.41) is 15.7. The maximum atomic E-state index is 10.3. The van der Waals surface area contributed by atoms with E-state index in [0.717, 1.165) is 16.3 Å². The zero-order chi connectivity index (χ0) is 13.2.